The average molecular weight is 179 g/mol. The first-order chi connectivity index (χ1) is 5.06. The summed E-state index contributed by atoms with van der Waals surface area (Å²) < 4.78 is 10.6. The van der Waals surface area contributed by atoms with Gasteiger partial charge in [-0.15, -0.1) is 0 Å². The number of carbonyl (C=O) groups is 1. The lowest BCUT2D eigenvalue weighted by Gasteiger charge is -2.10. The molecule has 0 heterocycles. The largest absolute Gasteiger partial charge is 0.334 e. The molecule has 0 saturated heterocycles. The Kier molecular flexibility index (Phi) is 4.80. The maximum absolute atomic E-state index is 10.6. The monoisotopic (exact) mass is 179 g/mol. The minimum atomic E-state index is -0.897. The predicted octanol–water partition coefficient (Wildman–Crippen LogP) is -1.07. The van der Waals surface area contributed by atoms with Crippen molar-refractivity contribution in [2.45, 2.75) is 13.0 Å². The molecule has 0 saturated carbocycles. The predicted molar refractivity (Wildman–Crippen MR) is 44.3 cm³/mol. The number of amides is 2. The van der Waals surface area contributed by atoms with Gasteiger partial charge in [0, 0.05) is 28.9 Å². The molecule has 0 rings (SSSR count). The Morgan fingerprint density at radius 2 is 2.27 bits per heavy atom. The molecule has 2 unspecified atom stereocenters. The summed E-state index contributed by atoms with van der Waals surface area (Å²) in [6.45, 7) is 1.76. The number of nitrogens with one attached hydrogen (secondary N) is 2. The molecule has 0 aromatic heterocycles. The zero-order valence-electron chi connectivity index (χ0n) is 6.59. The minimum absolute atomic E-state index is 0.121. The quantitative estimate of drug-likeness (QED) is 0.293. The third-order valence-corrected chi connectivity index (χ3v) is 1.96. The summed E-state index contributed by atoms with van der Waals surface area (Å²) in [5.74, 6) is 5.25. The standard InChI is InChI=1S/C5H13N3O2S/c1-4(3-11(2)10)7-5(9)8-6/h4H,3,6H2,1-2H3,(H2,7,8,9). The lowest BCUT2D eigenvalue weighted by Crippen LogP contribution is -2.45. The van der Waals surface area contributed by atoms with Crippen LogP contribution in [0.25, 0.3) is 0 Å². The average Bonchev–Trinajstić information content (AvgIpc) is 1.85. The summed E-state index contributed by atoms with van der Waals surface area (Å²) in [5.41, 5.74) is 1.92. The fourth-order valence-electron chi connectivity index (χ4n) is 0.659. The van der Waals surface area contributed by atoms with E-state index in [1.54, 1.807) is 13.2 Å². The van der Waals surface area contributed by atoms with Crippen molar-refractivity contribution in [1.82, 2.24) is 10.7 Å². The van der Waals surface area contributed by atoms with Crippen molar-refractivity contribution in [3.8, 4) is 0 Å². The van der Waals surface area contributed by atoms with Crippen molar-refractivity contribution in [2.24, 2.45) is 5.84 Å². The highest BCUT2D eigenvalue weighted by atomic mass is 32.2. The molecule has 0 aromatic carbocycles. The summed E-state index contributed by atoms with van der Waals surface area (Å²) in [6.07, 6.45) is 1.58. The SMILES string of the molecule is CC(CS(C)=O)NC(=O)NN. The van der Waals surface area contributed by atoms with Gasteiger partial charge >= 0.3 is 6.03 Å². The van der Waals surface area contributed by atoms with Crippen molar-refractivity contribution in [3.63, 3.8) is 0 Å². The number of nitrogens with two attached hydrogens (primary N) is 1. The van der Waals surface area contributed by atoms with Crippen LogP contribution >= 0.6 is 0 Å². The van der Waals surface area contributed by atoms with Crippen molar-refractivity contribution < 1.29 is 9.00 Å². The first-order valence-electron chi connectivity index (χ1n) is 3.13. The van der Waals surface area contributed by atoms with Gasteiger partial charge in [0.15, 0.2) is 0 Å². The summed E-state index contributed by atoms with van der Waals surface area (Å²) in [7, 11) is -0.897. The first kappa shape index (κ1) is 10.4. The number of hydrogen-bond acceptors (Lipinski definition) is 3. The molecule has 0 aliphatic carbocycles. The van der Waals surface area contributed by atoms with Crippen molar-refractivity contribution in [2.75, 3.05) is 12.0 Å². The molecule has 0 aliphatic rings. The second-order valence-corrected chi connectivity index (χ2v) is 3.74. The van der Waals surface area contributed by atoms with Gasteiger partial charge < -0.3 is 5.32 Å². The topological polar surface area (TPSA) is 84.2 Å². The van der Waals surface area contributed by atoms with Gasteiger partial charge in [-0.1, -0.05) is 0 Å². The lowest BCUT2D eigenvalue weighted by atomic mass is 10.4. The van der Waals surface area contributed by atoms with Gasteiger partial charge in [-0.2, -0.15) is 0 Å². The van der Waals surface area contributed by atoms with Crippen molar-refractivity contribution in [3.05, 3.63) is 0 Å². The van der Waals surface area contributed by atoms with Gasteiger partial charge in [0.05, 0.1) is 0 Å². The molecule has 0 aromatic rings. The Morgan fingerprint density at radius 1 is 1.73 bits per heavy atom. The van der Waals surface area contributed by atoms with Crippen molar-refractivity contribution >= 4 is 16.8 Å². The Hall–Kier alpha value is -0.620. The zero-order chi connectivity index (χ0) is 8.85. The summed E-state index contributed by atoms with van der Waals surface area (Å²) >= 11 is 0. The third kappa shape index (κ3) is 5.81. The van der Waals surface area contributed by atoms with Crippen LogP contribution < -0.4 is 16.6 Å². The van der Waals surface area contributed by atoms with Gasteiger partial charge in [-0.25, -0.2) is 10.6 Å². The molecule has 2 atom stereocenters. The van der Waals surface area contributed by atoms with E-state index in [2.05, 4.69) is 5.32 Å². The van der Waals surface area contributed by atoms with Gasteiger partial charge in [0.25, 0.3) is 0 Å². The van der Waals surface area contributed by atoms with Gasteiger partial charge in [-0.05, 0) is 6.92 Å². The second kappa shape index (κ2) is 5.09. The van der Waals surface area contributed by atoms with Crippen molar-refractivity contribution in [1.29, 1.82) is 0 Å². The van der Waals surface area contributed by atoms with E-state index < -0.39 is 16.8 Å². The molecule has 2 amide bonds. The summed E-state index contributed by atoms with van der Waals surface area (Å²) in [4.78, 5) is 10.6. The van der Waals surface area contributed by atoms with Gasteiger partial charge in [-0.3, -0.25) is 9.63 Å². The van der Waals surface area contributed by atoms with E-state index in [0.717, 1.165) is 0 Å². The van der Waals surface area contributed by atoms with E-state index in [-0.39, 0.29) is 6.04 Å². The molecule has 0 bridgehead atoms. The van der Waals surface area contributed by atoms with Crippen LogP contribution in [0.15, 0.2) is 0 Å². The molecular formula is C5H13N3O2S. The van der Waals surface area contributed by atoms with E-state index >= 15 is 0 Å². The van der Waals surface area contributed by atoms with Crippen LogP contribution in [0.1, 0.15) is 6.92 Å². The van der Waals surface area contributed by atoms with Crippen LogP contribution in [-0.4, -0.2) is 28.3 Å². The molecule has 0 spiro atoms. The van der Waals surface area contributed by atoms with Crippen LogP contribution in [0.2, 0.25) is 0 Å². The normalized spacial score (nSPS) is 15.2. The molecule has 11 heavy (non-hydrogen) atoms. The van der Waals surface area contributed by atoms with Crippen LogP contribution in [0.4, 0.5) is 4.79 Å². The molecule has 5 nitrogen and oxygen atoms in total. The molecular weight excluding hydrogens is 166 g/mol. The van der Waals surface area contributed by atoms with E-state index in [1.807, 2.05) is 5.43 Å². The number of hydrazine groups is 1. The lowest BCUT2D eigenvalue weighted by molar-refractivity contribution is 0.239. The zero-order valence-corrected chi connectivity index (χ0v) is 7.40. The summed E-state index contributed by atoms with van der Waals surface area (Å²) in [5, 5.41) is 2.49. The molecule has 4 N–H and O–H groups in total. The van der Waals surface area contributed by atoms with Gasteiger partial charge in [0.2, 0.25) is 0 Å². The molecule has 0 fully saturated rings. The van der Waals surface area contributed by atoms with Crippen LogP contribution in [0.5, 0.6) is 0 Å². The van der Waals surface area contributed by atoms with Crippen LogP contribution in [-0.2, 0) is 10.8 Å². The Labute approximate surface area is 68.1 Å². The Bertz CT molecular complexity index is 162. The highest BCUT2D eigenvalue weighted by Gasteiger charge is 2.06. The van der Waals surface area contributed by atoms with Gasteiger partial charge in [0.1, 0.15) is 0 Å². The molecule has 0 aliphatic heterocycles. The Balaban J connectivity index is 3.60. The Morgan fingerprint density at radius 3 is 2.64 bits per heavy atom. The van der Waals surface area contributed by atoms with Crippen LogP contribution in [0, 0.1) is 0 Å². The number of carbonyl (C=O) groups excluding carboxylic acids is 1. The fraction of sp³-hybridized carbons (Fsp3) is 0.800. The second-order valence-electron chi connectivity index (χ2n) is 2.26. The molecule has 0 radical (unpaired) electrons. The number of rotatable bonds is 3. The highest BCUT2D eigenvalue weighted by molar-refractivity contribution is 7.84. The minimum Gasteiger partial charge on any atom is -0.334 e. The first-order valence-corrected chi connectivity index (χ1v) is 4.86. The summed E-state index contributed by atoms with van der Waals surface area (Å²) in [6, 6.07) is -0.577. The van der Waals surface area contributed by atoms with E-state index in [0.29, 0.717) is 5.75 Å². The van der Waals surface area contributed by atoms with Crippen LogP contribution in [0.3, 0.4) is 0 Å². The van der Waals surface area contributed by atoms with E-state index in [9.17, 15) is 9.00 Å². The number of urea groups is 1. The smallest absolute Gasteiger partial charge is 0.329 e. The fourth-order valence-corrected chi connectivity index (χ4v) is 1.45. The highest BCUT2D eigenvalue weighted by Crippen LogP contribution is 1.84. The maximum atomic E-state index is 10.6. The third-order valence-electron chi connectivity index (χ3n) is 0.993. The maximum Gasteiger partial charge on any atom is 0.329 e. The van der Waals surface area contributed by atoms with E-state index in [4.69, 9.17) is 5.84 Å². The molecule has 6 heteroatoms. The molecule has 66 valence electrons. The van der Waals surface area contributed by atoms with E-state index in [1.165, 1.54) is 0 Å². The number of hydrogen-bond donors (Lipinski definition) is 3.